The monoisotopic (exact) mass is 306 g/mol. The molecule has 0 spiro atoms. The van der Waals surface area contributed by atoms with Crippen LogP contribution in [0.2, 0.25) is 0 Å². The minimum atomic E-state index is -1.31. The Labute approximate surface area is 129 Å². The topological polar surface area (TPSA) is 80.7 Å². The fraction of sp³-hybridized carbons (Fsp3) is 0. The van der Waals surface area contributed by atoms with Crippen LogP contribution in [0.5, 0.6) is 0 Å². The van der Waals surface area contributed by atoms with E-state index in [1.807, 2.05) is 30.3 Å². The maximum atomic E-state index is 11.8. The summed E-state index contributed by atoms with van der Waals surface area (Å²) in [7, 11) is 0. The van der Waals surface area contributed by atoms with Crippen molar-refractivity contribution in [2.45, 2.75) is 0 Å². The minimum absolute atomic E-state index is 0.323. The Morgan fingerprint density at radius 2 is 1.74 bits per heavy atom. The van der Waals surface area contributed by atoms with Crippen LogP contribution < -0.4 is 5.63 Å². The second-order valence-corrected chi connectivity index (χ2v) is 5.13. The van der Waals surface area contributed by atoms with E-state index in [4.69, 9.17) is 13.9 Å². The standard InChI is InChI=1S/C18H10O5/c19-17(20)13-8-11-6-7-14-12(16(11)23-18(13)21)9-15(22-14)10-4-2-1-3-5-10/h1-9H,(H,19,20). The lowest BCUT2D eigenvalue weighted by Gasteiger charge is -1.99. The van der Waals surface area contributed by atoms with Crippen molar-refractivity contribution in [1.82, 2.24) is 0 Å². The van der Waals surface area contributed by atoms with E-state index in [0.29, 0.717) is 27.7 Å². The van der Waals surface area contributed by atoms with Gasteiger partial charge in [-0.05, 0) is 24.3 Å². The van der Waals surface area contributed by atoms with Crippen LogP contribution in [-0.4, -0.2) is 11.1 Å². The summed E-state index contributed by atoms with van der Waals surface area (Å²) in [6.45, 7) is 0. The molecule has 0 amide bonds. The molecule has 0 aliphatic carbocycles. The van der Waals surface area contributed by atoms with Gasteiger partial charge in [0, 0.05) is 10.9 Å². The first-order chi connectivity index (χ1) is 11.1. The summed E-state index contributed by atoms with van der Waals surface area (Å²) in [6, 6.07) is 16.1. The number of carboxylic acid groups (broad SMARTS) is 1. The molecule has 0 unspecified atom stereocenters. The molecule has 5 nitrogen and oxygen atoms in total. The second kappa shape index (κ2) is 4.84. The van der Waals surface area contributed by atoms with Crippen LogP contribution in [-0.2, 0) is 0 Å². The van der Waals surface area contributed by atoms with E-state index >= 15 is 0 Å². The van der Waals surface area contributed by atoms with Crippen molar-refractivity contribution in [3.05, 3.63) is 70.6 Å². The minimum Gasteiger partial charge on any atom is -0.477 e. The Kier molecular flexibility index (Phi) is 2.81. The summed E-state index contributed by atoms with van der Waals surface area (Å²) in [5.41, 5.74) is 0.538. The van der Waals surface area contributed by atoms with Crippen molar-refractivity contribution >= 4 is 27.9 Å². The molecule has 0 fully saturated rings. The molecule has 0 bridgehead atoms. The summed E-state index contributed by atoms with van der Waals surface area (Å²) < 4.78 is 11.0. The largest absolute Gasteiger partial charge is 0.477 e. The van der Waals surface area contributed by atoms with Gasteiger partial charge in [0.1, 0.15) is 22.5 Å². The highest BCUT2D eigenvalue weighted by Crippen LogP contribution is 2.32. The summed E-state index contributed by atoms with van der Waals surface area (Å²) in [6.07, 6.45) is 0. The molecular weight excluding hydrogens is 296 g/mol. The average molecular weight is 306 g/mol. The third-order valence-corrected chi connectivity index (χ3v) is 3.69. The molecule has 0 saturated carbocycles. The lowest BCUT2D eigenvalue weighted by atomic mass is 10.1. The summed E-state index contributed by atoms with van der Waals surface area (Å²) >= 11 is 0. The van der Waals surface area contributed by atoms with Crippen molar-refractivity contribution in [3.8, 4) is 11.3 Å². The van der Waals surface area contributed by atoms with Crippen LogP contribution in [0, 0.1) is 0 Å². The fourth-order valence-corrected chi connectivity index (χ4v) is 2.59. The van der Waals surface area contributed by atoms with Crippen molar-refractivity contribution < 1.29 is 18.7 Å². The van der Waals surface area contributed by atoms with E-state index in [1.54, 1.807) is 18.2 Å². The van der Waals surface area contributed by atoms with Gasteiger partial charge in [-0.2, -0.15) is 0 Å². The summed E-state index contributed by atoms with van der Waals surface area (Å²) in [4.78, 5) is 22.9. The van der Waals surface area contributed by atoms with E-state index in [1.165, 1.54) is 6.07 Å². The smallest absolute Gasteiger partial charge is 0.351 e. The number of carboxylic acids is 1. The lowest BCUT2D eigenvalue weighted by molar-refractivity contribution is 0.0692. The third kappa shape index (κ3) is 2.10. The lowest BCUT2D eigenvalue weighted by Crippen LogP contribution is -2.12. The Morgan fingerprint density at radius 3 is 2.48 bits per heavy atom. The number of hydrogen-bond acceptors (Lipinski definition) is 4. The average Bonchev–Trinajstić information content (AvgIpc) is 2.99. The molecule has 5 heteroatoms. The number of benzene rings is 2. The van der Waals surface area contributed by atoms with Gasteiger partial charge < -0.3 is 13.9 Å². The van der Waals surface area contributed by atoms with Crippen molar-refractivity contribution in [1.29, 1.82) is 0 Å². The van der Waals surface area contributed by atoms with E-state index in [0.717, 1.165) is 5.56 Å². The zero-order chi connectivity index (χ0) is 16.0. The van der Waals surface area contributed by atoms with Crippen LogP contribution in [0.1, 0.15) is 10.4 Å². The molecule has 0 atom stereocenters. The molecule has 2 aromatic carbocycles. The van der Waals surface area contributed by atoms with Gasteiger partial charge in [-0.1, -0.05) is 30.3 Å². The molecular formula is C18H10O5. The highest BCUT2D eigenvalue weighted by molar-refractivity contribution is 6.05. The molecule has 23 heavy (non-hydrogen) atoms. The SMILES string of the molecule is O=C(O)c1cc2ccc3oc(-c4ccccc4)cc3c2oc1=O. The van der Waals surface area contributed by atoms with Gasteiger partial charge >= 0.3 is 11.6 Å². The number of furan rings is 1. The van der Waals surface area contributed by atoms with Gasteiger partial charge in [-0.25, -0.2) is 9.59 Å². The van der Waals surface area contributed by atoms with Crippen LogP contribution in [0.4, 0.5) is 0 Å². The molecule has 0 aliphatic heterocycles. The number of fused-ring (bicyclic) bond motifs is 3. The highest BCUT2D eigenvalue weighted by atomic mass is 16.4. The van der Waals surface area contributed by atoms with E-state index in [2.05, 4.69) is 0 Å². The zero-order valence-electron chi connectivity index (χ0n) is 11.8. The van der Waals surface area contributed by atoms with Gasteiger partial charge in [0.25, 0.3) is 0 Å². The third-order valence-electron chi connectivity index (χ3n) is 3.69. The Balaban J connectivity index is 2.02. The summed E-state index contributed by atoms with van der Waals surface area (Å²) in [5.74, 6) is -0.657. The quantitative estimate of drug-likeness (QED) is 0.568. The highest BCUT2D eigenvalue weighted by Gasteiger charge is 2.16. The van der Waals surface area contributed by atoms with Crippen LogP contribution >= 0.6 is 0 Å². The van der Waals surface area contributed by atoms with E-state index < -0.39 is 11.6 Å². The van der Waals surface area contributed by atoms with Crippen LogP contribution in [0.3, 0.4) is 0 Å². The van der Waals surface area contributed by atoms with Crippen LogP contribution in [0.25, 0.3) is 33.3 Å². The van der Waals surface area contributed by atoms with Gasteiger partial charge in [-0.3, -0.25) is 0 Å². The molecule has 2 heterocycles. The first-order valence-electron chi connectivity index (χ1n) is 6.92. The molecule has 4 aromatic rings. The van der Waals surface area contributed by atoms with E-state index in [-0.39, 0.29) is 5.56 Å². The predicted molar refractivity (Wildman–Crippen MR) is 84.7 cm³/mol. The number of carbonyl (C=O) groups is 1. The maximum absolute atomic E-state index is 11.8. The Hall–Kier alpha value is -3.34. The Morgan fingerprint density at radius 1 is 0.957 bits per heavy atom. The molecule has 112 valence electrons. The molecule has 0 saturated heterocycles. The number of aromatic carboxylic acids is 1. The van der Waals surface area contributed by atoms with Gasteiger partial charge in [0.05, 0.1) is 5.39 Å². The molecule has 2 aromatic heterocycles. The first-order valence-corrected chi connectivity index (χ1v) is 6.92. The van der Waals surface area contributed by atoms with Gasteiger partial charge in [0.15, 0.2) is 0 Å². The maximum Gasteiger partial charge on any atom is 0.351 e. The van der Waals surface area contributed by atoms with Crippen LogP contribution in [0.15, 0.2) is 68.2 Å². The Bertz CT molecular complexity index is 1100. The fourth-order valence-electron chi connectivity index (χ4n) is 2.59. The first kappa shape index (κ1) is 13.3. The number of rotatable bonds is 2. The molecule has 0 radical (unpaired) electrons. The molecule has 4 rings (SSSR count). The molecule has 0 aliphatic rings. The van der Waals surface area contributed by atoms with Gasteiger partial charge in [-0.15, -0.1) is 0 Å². The second-order valence-electron chi connectivity index (χ2n) is 5.13. The van der Waals surface area contributed by atoms with Crippen molar-refractivity contribution in [2.75, 3.05) is 0 Å². The molecule has 1 N–H and O–H groups in total. The summed E-state index contributed by atoms with van der Waals surface area (Å²) in [5, 5.41) is 10.2. The van der Waals surface area contributed by atoms with Crippen molar-refractivity contribution in [3.63, 3.8) is 0 Å². The normalized spacial score (nSPS) is 11.1. The van der Waals surface area contributed by atoms with E-state index in [9.17, 15) is 9.59 Å². The number of hydrogen-bond donors (Lipinski definition) is 1. The predicted octanol–water partition coefficient (Wildman–Crippen LogP) is 3.90. The van der Waals surface area contributed by atoms with Crippen molar-refractivity contribution in [2.24, 2.45) is 0 Å². The zero-order valence-corrected chi connectivity index (χ0v) is 11.8. The van der Waals surface area contributed by atoms with Gasteiger partial charge in [0.2, 0.25) is 0 Å².